The van der Waals surface area contributed by atoms with Crippen molar-refractivity contribution in [3.63, 3.8) is 0 Å². The molecule has 1 fully saturated rings. The summed E-state index contributed by atoms with van der Waals surface area (Å²) in [5.74, 6) is -2.10. The van der Waals surface area contributed by atoms with Gasteiger partial charge in [-0.3, -0.25) is 14.4 Å². The summed E-state index contributed by atoms with van der Waals surface area (Å²) in [7, 11) is -3.12. The summed E-state index contributed by atoms with van der Waals surface area (Å²) in [5, 5.41) is 0.429. The number of ether oxygens (including phenoxy) is 1. The van der Waals surface area contributed by atoms with Gasteiger partial charge in [0.15, 0.2) is 16.4 Å². The van der Waals surface area contributed by atoms with Crippen LogP contribution in [0.1, 0.15) is 28.5 Å². The molecule has 184 valence electrons. The Labute approximate surface area is 203 Å². The summed E-state index contributed by atoms with van der Waals surface area (Å²) in [6, 6.07) is 14.9. The van der Waals surface area contributed by atoms with Crippen LogP contribution in [0.4, 0.5) is 0 Å². The van der Waals surface area contributed by atoms with Crippen LogP contribution in [0, 0.1) is 0 Å². The zero-order valence-electron chi connectivity index (χ0n) is 19.4. The summed E-state index contributed by atoms with van der Waals surface area (Å²) < 4.78 is 31.1. The van der Waals surface area contributed by atoms with Crippen LogP contribution in [0.15, 0.2) is 48.5 Å². The lowest BCUT2D eigenvalue weighted by Crippen LogP contribution is -2.45. The van der Waals surface area contributed by atoms with Gasteiger partial charge in [-0.05, 0) is 24.1 Å². The van der Waals surface area contributed by atoms with E-state index in [2.05, 4.69) is 0 Å². The average molecular weight is 498 g/mol. The average Bonchev–Trinajstić information content (AvgIpc) is 3.16. The number of rotatable bonds is 8. The highest BCUT2D eigenvalue weighted by atomic mass is 32.2. The molecule has 2 heterocycles. The van der Waals surface area contributed by atoms with Crippen LogP contribution < -0.4 is 10.5 Å². The molecular formula is C25H27N3O6S. The van der Waals surface area contributed by atoms with Crippen LogP contribution in [-0.2, 0) is 32.4 Å². The van der Waals surface area contributed by atoms with E-state index in [9.17, 15) is 22.8 Å². The maximum absolute atomic E-state index is 12.9. The summed E-state index contributed by atoms with van der Waals surface area (Å²) in [6.45, 7) is 2.27. The predicted octanol–water partition coefficient (Wildman–Crippen LogP) is 1.56. The van der Waals surface area contributed by atoms with Gasteiger partial charge in [0.2, 0.25) is 0 Å². The topological polar surface area (TPSA) is 129 Å². The molecule has 1 saturated heterocycles. The molecule has 2 N–H and O–H groups in total. The lowest BCUT2D eigenvalue weighted by atomic mass is 10.0. The van der Waals surface area contributed by atoms with E-state index in [1.54, 1.807) is 12.1 Å². The van der Waals surface area contributed by atoms with Crippen molar-refractivity contribution >= 4 is 38.3 Å². The van der Waals surface area contributed by atoms with E-state index in [0.717, 1.165) is 5.56 Å². The van der Waals surface area contributed by atoms with Crippen molar-refractivity contribution < 1.29 is 27.5 Å². The molecule has 0 aliphatic carbocycles. The molecule has 9 nitrogen and oxygen atoms in total. The molecule has 0 unspecified atom stereocenters. The second kappa shape index (κ2) is 9.91. The van der Waals surface area contributed by atoms with Crippen molar-refractivity contribution in [2.24, 2.45) is 5.73 Å². The van der Waals surface area contributed by atoms with Crippen molar-refractivity contribution in [1.29, 1.82) is 0 Å². The van der Waals surface area contributed by atoms with Gasteiger partial charge < -0.3 is 19.9 Å². The van der Waals surface area contributed by atoms with E-state index in [4.69, 9.17) is 10.5 Å². The normalized spacial score (nSPS) is 15.2. The van der Waals surface area contributed by atoms with Gasteiger partial charge in [0.05, 0.1) is 28.0 Å². The summed E-state index contributed by atoms with van der Waals surface area (Å²) >= 11 is 0. The minimum atomic E-state index is -3.12. The zero-order valence-corrected chi connectivity index (χ0v) is 20.2. The SMILES string of the molecule is CCc1c(C(=O)C(N)=O)c2c(OCC(=O)N3CCS(=O)(=O)CC3)cccc2n1Cc1ccccc1. The molecular weight excluding hydrogens is 470 g/mol. The predicted molar refractivity (Wildman–Crippen MR) is 131 cm³/mol. The molecule has 0 radical (unpaired) electrons. The number of hydrogen-bond acceptors (Lipinski definition) is 6. The first kappa shape index (κ1) is 24.5. The molecule has 0 atom stereocenters. The number of amides is 2. The molecule has 0 bridgehead atoms. The van der Waals surface area contributed by atoms with Gasteiger partial charge in [-0.25, -0.2) is 8.42 Å². The lowest BCUT2D eigenvalue weighted by Gasteiger charge is -2.26. The number of carbonyl (C=O) groups excluding carboxylic acids is 3. The molecule has 0 saturated carbocycles. The first-order valence-electron chi connectivity index (χ1n) is 11.3. The third-order valence-electron chi connectivity index (χ3n) is 6.18. The zero-order chi connectivity index (χ0) is 25.2. The highest BCUT2D eigenvalue weighted by Crippen LogP contribution is 2.35. The maximum Gasteiger partial charge on any atom is 0.289 e. The first-order valence-corrected chi connectivity index (χ1v) is 13.2. The number of fused-ring (bicyclic) bond motifs is 1. The van der Waals surface area contributed by atoms with Crippen molar-refractivity contribution in [2.75, 3.05) is 31.2 Å². The molecule has 2 amide bonds. The summed E-state index contributed by atoms with van der Waals surface area (Å²) in [6.07, 6.45) is 0.469. The fourth-order valence-electron chi connectivity index (χ4n) is 4.42. The molecule has 1 aliphatic rings. The number of sulfone groups is 1. The molecule has 1 aromatic heterocycles. The maximum atomic E-state index is 12.9. The number of carbonyl (C=O) groups is 3. The van der Waals surface area contributed by atoms with E-state index in [1.165, 1.54) is 4.90 Å². The van der Waals surface area contributed by atoms with Crippen molar-refractivity contribution in [3.05, 3.63) is 65.4 Å². The minimum absolute atomic E-state index is 0.0756. The number of hydrogen-bond donors (Lipinski definition) is 1. The Morgan fingerprint density at radius 3 is 2.31 bits per heavy atom. The minimum Gasteiger partial charge on any atom is -0.483 e. The molecule has 3 aromatic rings. The number of Topliss-reactive ketones (excluding diaryl/α,β-unsaturated/α-hetero) is 1. The van der Waals surface area contributed by atoms with Crippen molar-refractivity contribution in [2.45, 2.75) is 19.9 Å². The third kappa shape index (κ3) is 5.07. The number of nitrogens with zero attached hydrogens (tertiary/aromatic N) is 2. The van der Waals surface area contributed by atoms with E-state index >= 15 is 0 Å². The van der Waals surface area contributed by atoms with Gasteiger partial charge in [-0.15, -0.1) is 0 Å². The fraction of sp³-hybridized carbons (Fsp3) is 0.320. The van der Waals surface area contributed by atoms with Crippen LogP contribution in [0.25, 0.3) is 10.9 Å². The molecule has 0 spiro atoms. The first-order chi connectivity index (χ1) is 16.7. The number of ketones is 1. The largest absolute Gasteiger partial charge is 0.483 e. The number of primary amides is 1. The lowest BCUT2D eigenvalue weighted by molar-refractivity contribution is -0.133. The monoisotopic (exact) mass is 497 g/mol. The number of benzene rings is 2. The third-order valence-corrected chi connectivity index (χ3v) is 7.79. The Hall–Kier alpha value is -3.66. The second-order valence-electron chi connectivity index (χ2n) is 8.41. The Morgan fingerprint density at radius 1 is 1.00 bits per heavy atom. The van der Waals surface area contributed by atoms with E-state index in [-0.39, 0.29) is 48.4 Å². The van der Waals surface area contributed by atoms with Gasteiger partial charge in [0.1, 0.15) is 5.75 Å². The Balaban J connectivity index is 1.72. The van der Waals surface area contributed by atoms with E-state index < -0.39 is 21.5 Å². The van der Waals surface area contributed by atoms with Gasteiger partial charge >= 0.3 is 0 Å². The van der Waals surface area contributed by atoms with E-state index in [1.807, 2.05) is 47.9 Å². The number of nitrogens with two attached hydrogens (primary N) is 1. The molecule has 10 heteroatoms. The Morgan fingerprint density at radius 2 is 1.69 bits per heavy atom. The molecule has 2 aromatic carbocycles. The Bertz CT molecular complexity index is 1380. The second-order valence-corrected chi connectivity index (χ2v) is 10.7. The van der Waals surface area contributed by atoms with Crippen LogP contribution in [-0.4, -0.2) is 66.7 Å². The van der Waals surface area contributed by atoms with Crippen LogP contribution >= 0.6 is 0 Å². The summed E-state index contributed by atoms with van der Waals surface area (Å²) in [5.41, 5.74) is 7.91. The Kier molecular flexibility index (Phi) is 6.93. The van der Waals surface area contributed by atoms with Crippen LogP contribution in [0.3, 0.4) is 0 Å². The van der Waals surface area contributed by atoms with Crippen molar-refractivity contribution in [3.8, 4) is 5.75 Å². The molecule has 35 heavy (non-hydrogen) atoms. The highest BCUT2D eigenvalue weighted by Gasteiger charge is 2.28. The van der Waals surface area contributed by atoms with Crippen LogP contribution in [0.2, 0.25) is 0 Å². The van der Waals surface area contributed by atoms with Gasteiger partial charge in [-0.1, -0.05) is 43.3 Å². The summed E-state index contributed by atoms with van der Waals surface area (Å²) in [4.78, 5) is 39.0. The molecule has 1 aliphatic heterocycles. The van der Waals surface area contributed by atoms with Gasteiger partial charge in [-0.2, -0.15) is 0 Å². The molecule has 4 rings (SSSR count). The van der Waals surface area contributed by atoms with E-state index in [0.29, 0.717) is 29.6 Å². The highest BCUT2D eigenvalue weighted by molar-refractivity contribution is 7.91. The standard InChI is InChI=1S/C25H27N3O6S/c1-2-18-23(24(30)25(26)31)22-19(28(18)15-17-7-4-3-5-8-17)9-6-10-20(22)34-16-21(29)27-11-13-35(32,33)14-12-27/h3-10H,2,11-16H2,1H3,(H2,26,31). The smallest absolute Gasteiger partial charge is 0.289 e. The van der Waals surface area contributed by atoms with Crippen molar-refractivity contribution in [1.82, 2.24) is 9.47 Å². The van der Waals surface area contributed by atoms with Gasteiger partial charge in [0, 0.05) is 25.3 Å². The van der Waals surface area contributed by atoms with Gasteiger partial charge in [0.25, 0.3) is 17.6 Å². The number of aromatic nitrogens is 1. The quantitative estimate of drug-likeness (QED) is 0.371. The van der Waals surface area contributed by atoms with Crippen LogP contribution in [0.5, 0.6) is 5.75 Å². The fourth-order valence-corrected chi connectivity index (χ4v) is 5.62.